The van der Waals surface area contributed by atoms with Crippen molar-refractivity contribution < 1.29 is 4.74 Å². The van der Waals surface area contributed by atoms with Gasteiger partial charge in [0.25, 0.3) is 0 Å². The van der Waals surface area contributed by atoms with E-state index in [4.69, 9.17) is 27.9 Å². The molecule has 0 aliphatic carbocycles. The Morgan fingerprint density at radius 3 is 2.57 bits per heavy atom. The molecule has 1 atom stereocenters. The van der Waals surface area contributed by atoms with Crippen LogP contribution in [0.1, 0.15) is 31.0 Å². The smallest absolute Gasteiger partial charge is 0.119 e. The second-order valence-electron chi connectivity index (χ2n) is 4.64. The van der Waals surface area contributed by atoms with Crippen molar-refractivity contribution in [3.8, 4) is 5.75 Å². The van der Waals surface area contributed by atoms with E-state index in [9.17, 15) is 0 Å². The molecular formula is C17H19Cl2NO. The van der Waals surface area contributed by atoms with Crippen molar-refractivity contribution in [2.75, 3.05) is 13.2 Å². The number of benzene rings is 2. The van der Waals surface area contributed by atoms with Crippen LogP contribution >= 0.6 is 23.2 Å². The SMILES string of the molecule is CCNC(c1cccc(OCC)c1)c1cccc(Cl)c1Cl. The normalized spacial score (nSPS) is 12.2. The molecule has 0 aliphatic rings. The van der Waals surface area contributed by atoms with Crippen LogP contribution in [0.3, 0.4) is 0 Å². The van der Waals surface area contributed by atoms with Gasteiger partial charge in [-0.15, -0.1) is 0 Å². The van der Waals surface area contributed by atoms with Gasteiger partial charge in [0.1, 0.15) is 5.75 Å². The second kappa shape index (κ2) is 7.69. The van der Waals surface area contributed by atoms with Crippen LogP contribution < -0.4 is 10.1 Å². The molecule has 1 N–H and O–H groups in total. The van der Waals surface area contributed by atoms with Gasteiger partial charge < -0.3 is 10.1 Å². The Morgan fingerprint density at radius 2 is 1.86 bits per heavy atom. The predicted molar refractivity (Wildman–Crippen MR) is 89.6 cm³/mol. The minimum Gasteiger partial charge on any atom is -0.494 e. The van der Waals surface area contributed by atoms with Gasteiger partial charge in [-0.2, -0.15) is 0 Å². The first-order valence-electron chi connectivity index (χ1n) is 7.07. The Labute approximate surface area is 136 Å². The summed E-state index contributed by atoms with van der Waals surface area (Å²) in [6.07, 6.45) is 0. The molecule has 0 bridgehead atoms. The molecule has 1 unspecified atom stereocenters. The van der Waals surface area contributed by atoms with E-state index in [1.807, 2.05) is 37.3 Å². The average molecular weight is 324 g/mol. The molecule has 2 aromatic rings. The molecule has 21 heavy (non-hydrogen) atoms. The molecule has 0 heterocycles. The fraction of sp³-hybridized carbons (Fsp3) is 0.294. The molecule has 0 saturated heterocycles. The molecule has 0 saturated carbocycles. The van der Waals surface area contributed by atoms with Crippen LogP contribution in [-0.4, -0.2) is 13.2 Å². The van der Waals surface area contributed by atoms with Crippen LogP contribution in [0.25, 0.3) is 0 Å². The third-order valence-corrected chi connectivity index (χ3v) is 4.04. The van der Waals surface area contributed by atoms with Gasteiger partial charge in [0, 0.05) is 0 Å². The predicted octanol–water partition coefficient (Wildman–Crippen LogP) is 5.09. The minimum atomic E-state index is -0.0124. The lowest BCUT2D eigenvalue weighted by Crippen LogP contribution is -2.22. The van der Waals surface area contributed by atoms with E-state index in [2.05, 4.69) is 18.3 Å². The lowest BCUT2D eigenvalue weighted by Gasteiger charge is -2.21. The van der Waals surface area contributed by atoms with Crippen molar-refractivity contribution in [3.63, 3.8) is 0 Å². The quantitative estimate of drug-likeness (QED) is 0.799. The highest BCUT2D eigenvalue weighted by Gasteiger charge is 2.18. The third kappa shape index (κ3) is 3.91. The summed E-state index contributed by atoms with van der Waals surface area (Å²) in [7, 11) is 0. The number of halogens is 2. The molecule has 0 radical (unpaired) electrons. The summed E-state index contributed by atoms with van der Waals surface area (Å²) >= 11 is 12.5. The van der Waals surface area contributed by atoms with Gasteiger partial charge >= 0.3 is 0 Å². The number of rotatable bonds is 6. The van der Waals surface area contributed by atoms with E-state index in [0.29, 0.717) is 16.7 Å². The summed E-state index contributed by atoms with van der Waals surface area (Å²) in [6, 6.07) is 13.7. The molecule has 0 spiro atoms. The van der Waals surface area contributed by atoms with Crippen molar-refractivity contribution in [1.29, 1.82) is 0 Å². The number of nitrogens with one attached hydrogen (secondary N) is 1. The Hall–Kier alpha value is -1.22. The summed E-state index contributed by atoms with van der Waals surface area (Å²) in [6.45, 7) is 5.51. The zero-order chi connectivity index (χ0) is 15.2. The highest BCUT2D eigenvalue weighted by atomic mass is 35.5. The van der Waals surface area contributed by atoms with Gasteiger partial charge in [-0.25, -0.2) is 0 Å². The molecule has 0 fully saturated rings. The maximum atomic E-state index is 6.37. The molecule has 0 aromatic heterocycles. The maximum Gasteiger partial charge on any atom is 0.119 e. The van der Waals surface area contributed by atoms with E-state index in [1.54, 1.807) is 6.07 Å². The fourth-order valence-corrected chi connectivity index (χ4v) is 2.72. The van der Waals surface area contributed by atoms with Crippen molar-refractivity contribution in [1.82, 2.24) is 5.32 Å². The lowest BCUT2D eigenvalue weighted by molar-refractivity contribution is 0.339. The average Bonchev–Trinajstić information content (AvgIpc) is 2.49. The molecular weight excluding hydrogens is 305 g/mol. The molecule has 0 amide bonds. The third-order valence-electron chi connectivity index (χ3n) is 3.20. The molecule has 0 aliphatic heterocycles. The minimum absolute atomic E-state index is 0.0124. The van der Waals surface area contributed by atoms with Crippen molar-refractivity contribution in [3.05, 3.63) is 63.6 Å². The van der Waals surface area contributed by atoms with Gasteiger partial charge in [-0.05, 0) is 42.8 Å². The number of ether oxygens (including phenoxy) is 1. The van der Waals surface area contributed by atoms with Crippen LogP contribution in [0.15, 0.2) is 42.5 Å². The van der Waals surface area contributed by atoms with Gasteiger partial charge in [-0.3, -0.25) is 0 Å². The lowest BCUT2D eigenvalue weighted by atomic mass is 9.98. The molecule has 4 heteroatoms. The van der Waals surface area contributed by atoms with Crippen LogP contribution in [0, 0.1) is 0 Å². The van der Waals surface area contributed by atoms with E-state index < -0.39 is 0 Å². The molecule has 2 rings (SSSR count). The van der Waals surface area contributed by atoms with Crippen LogP contribution in [0.4, 0.5) is 0 Å². The van der Waals surface area contributed by atoms with Gasteiger partial charge in [0.15, 0.2) is 0 Å². The number of hydrogen-bond donors (Lipinski definition) is 1. The fourth-order valence-electron chi connectivity index (χ4n) is 2.31. The van der Waals surface area contributed by atoms with E-state index in [-0.39, 0.29) is 6.04 Å². The standard InChI is InChI=1S/C17H19Cl2NO/c1-3-20-17(14-9-6-10-15(18)16(14)19)12-7-5-8-13(11-12)21-4-2/h5-11,17,20H,3-4H2,1-2H3. The first-order valence-corrected chi connectivity index (χ1v) is 7.83. The second-order valence-corrected chi connectivity index (χ2v) is 5.42. The zero-order valence-electron chi connectivity index (χ0n) is 12.2. The highest BCUT2D eigenvalue weighted by Crippen LogP contribution is 2.34. The van der Waals surface area contributed by atoms with E-state index in [0.717, 1.165) is 23.4 Å². The Bertz CT molecular complexity index is 601. The van der Waals surface area contributed by atoms with E-state index in [1.165, 1.54) is 0 Å². The first kappa shape index (κ1) is 16.2. The highest BCUT2D eigenvalue weighted by molar-refractivity contribution is 6.42. The number of hydrogen-bond acceptors (Lipinski definition) is 2. The maximum absolute atomic E-state index is 6.37. The van der Waals surface area contributed by atoms with Gasteiger partial charge in [-0.1, -0.05) is 54.4 Å². The van der Waals surface area contributed by atoms with Gasteiger partial charge in [0.2, 0.25) is 0 Å². The summed E-state index contributed by atoms with van der Waals surface area (Å²) < 4.78 is 5.58. The Kier molecular flexibility index (Phi) is 5.92. The first-order chi connectivity index (χ1) is 10.2. The van der Waals surface area contributed by atoms with Crippen molar-refractivity contribution >= 4 is 23.2 Å². The van der Waals surface area contributed by atoms with Crippen LogP contribution in [-0.2, 0) is 0 Å². The summed E-state index contributed by atoms with van der Waals surface area (Å²) in [4.78, 5) is 0. The van der Waals surface area contributed by atoms with Crippen molar-refractivity contribution in [2.45, 2.75) is 19.9 Å². The van der Waals surface area contributed by atoms with Crippen molar-refractivity contribution in [2.24, 2.45) is 0 Å². The Morgan fingerprint density at radius 1 is 1.10 bits per heavy atom. The van der Waals surface area contributed by atoms with E-state index >= 15 is 0 Å². The summed E-state index contributed by atoms with van der Waals surface area (Å²) in [5.74, 6) is 0.857. The molecule has 2 nitrogen and oxygen atoms in total. The Balaban J connectivity index is 2.43. The topological polar surface area (TPSA) is 21.3 Å². The van der Waals surface area contributed by atoms with Crippen LogP contribution in [0.2, 0.25) is 10.0 Å². The molecule has 2 aromatic carbocycles. The van der Waals surface area contributed by atoms with Crippen LogP contribution in [0.5, 0.6) is 5.75 Å². The largest absolute Gasteiger partial charge is 0.494 e. The zero-order valence-corrected chi connectivity index (χ0v) is 13.7. The van der Waals surface area contributed by atoms with Gasteiger partial charge in [0.05, 0.1) is 22.7 Å². The summed E-state index contributed by atoms with van der Waals surface area (Å²) in [5, 5.41) is 4.61. The monoisotopic (exact) mass is 323 g/mol. The summed E-state index contributed by atoms with van der Waals surface area (Å²) in [5.41, 5.74) is 2.08. The molecule has 112 valence electrons.